The van der Waals surface area contributed by atoms with Crippen molar-refractivity contribution in [3.8, 4) is 0 Å². The highest BCUT2D eigenvalue weighted by molar-refractivity contribution is 5.82. The Morgan fingerprint density at radius 1 is 1.28 bits per heavy atom. The van der Waals surface area contributed by atoms with E-state index in [0.717, 1.165) is 25.9 Å². The van der Waals surface area contributed by atoms with E-state index in [1.165, 1.54) is 16.5 Å². The zero-order chi connectivity index (χ0) is 12.8. The summed E-state index contributed by atoms with van der Waals surface area (Å²) in [5, 5.41) is 4.65. The van der Waals surface area contributed by atoms with Gasteiger partial charge in [0.1, 0.15) is 0 Å². The monoisotopic (exact) mass is 245 g/mol. The summed E-state index contributed by atoms with van der Waals surface area (Å²) >= 11 is 0. The second kappa shape index (κ2) is 6.21. The van der Waals surface area contributed by atoms with Gasteiger partial charge in [-0.15, -0.1) is 0 Å². The van der Waals surface area contributed by atoms with Gasteiger partial charge in [0.05, 0.1) is 0 Å². The molecule has 0 bridgehead atoms. The van der Waals surface area contributed by atoms with Crippen LogP contribution in [0.2, 0.25) is 0 Å². The number of aromatic nitrogens is 1. The minimum Gasteiger partial charge on any atom is -0.370 e. The molecule has 0 radical (unpaired) electrons. The number of primary amides is 1. The SMILES string of the molecule is NC(=O)CCCCNCc1c[nH]c2ccccc12. The minimum absolute atomic E-state index is 0.216. The average molecular weight is 245 g/mol. The Hall–Kier alpha value is -1.81. The van der Waals surface area contributed by atoms with Crippen LogP contribution in [0.3, 0.4) is 0 Å². The molecule has 0 aliphatic carbocycles. The first kappa shape index (κ1) is 12.6. The first-order valence-corrected chi connectivity index (χ1v) is 6.31. The van der Waals surface area contributed by atoms with Crippen LogP contribution >= 0.6 is 0 Å². The van der Waals surface area contributed by atoms with Gasteiger partial charge in [-0.25, -0.2) is 0 Å². The maximum atomic E-state index is 10.6. The summed E-state index contributed by atoms with van der Waals surface area (Å²) < 4.78 is 0. The van der Waals surface area contributed by atoms with E-state index < -0.39 is 0 Å². The number of hydrogen-bond acceptors (Lipinski definition) is 2. The van der Waals surface area contributed by atoms with Crippen molar-refractivity contribution in [3.05, 3.63) is 36.0 Å². The lowest BCUT2D eigenvalue weighted by atomic mass is 10.1. The van der Waals surface area contributed by atoms with Gasteiger partial charge in [0.15, 0.2) is 0 Å². The van der Waals surface area contributed by atoms with Gasteiger partial charge in [-0.3, -0.25) is 4.79 Å². The van der Waals surface area contributed by atoms with Crippen LogP contribution in [0.15, 0.2) is 30.5 Å². The van der Waals surface area contributed by atoms with E-state index in [-0.39, 0.29) is 5.91 Å². The minimum atomic E-state index is -0.216. The number of unbranched alkanes of at least 4 members (excludes halogenated alkanes) is 1. The highest BCUT2D eigenvalue weighted by Crippen LogP contribution is 2.17. The largest absolute Gasteiger partial charge is 0.370 e. The molecule has 0 saturated carbocycles. The Balaban J connectivity index is 1.75. The second-order valence-electron chi connectivity index (χ2n) is 4.46. The van der Waals surface area contributed by atoms with Crippen LogP contribution in [0.1, 0.15) is 24.8 Å². The van der Waals surface area contributed by atoms with E-state index in [1.807, 2.05) is 18.3 Å². The molecule has 0 unspecified atom stereocenters. The first-order valence-electron chi connectivity index (χ1n) is 6.31. The van der Waals surface area contributed by atoms with Gasteiger partial charge in [-0.05, 0) is 31.0 Å². The molecule has 0 fully saturated rings. The third-order valence-corrected chi connectivity index (χ3v) is 3.02. The maximum Gasteiger partial charge on any atom is 0.217 e. The number of rotatable bonds is 7. The number of para-hydroxylation sites is 1. The smallest absolute Gasteiger partial charge is 0.217 e. The molecule has 1 amide bonds. The van der Waals surface area contributed by atoms with Crippen molar-refractivity contribution < 1.29 is 4.79 Å². The molecule has 0 aliphatic rings. The molecule has 0 saturated heterocycles. The number of carbonyl (C=O) groups is 1. The second-order valence-corrected chi connectivity index (χ2v) is 4.46. The number of nitrogens with two attached hydrogens (primary N) is 1. The fourth-order valence-electron chi connectivity index (χ4n) is 2.05. The number of carbonyl (C=O) groups excluding carboxylic acids is 1. The Morgan fingerprint density at radius 2 is 2.11 bits per heavy atom. The number of amides is 1. The van der Waals surface area contributed by atoms with Gasteiger partial charge in [0, 0.05) is 30.1 Å². The summed E-state index contributed by atoms with van der Waals surface area (Å²) in [4.78, 5) is 13.8. The first-order chi connectivity index (χ1) is 8.77. The standard InChI is InChI=1S/C14H19N3O/c15-14(18)7-3-4-8-16-9-11-10-17-13-6-2-1-5-12(11)13/h1-2,5-6,10,16-17H,3-4,7-9H2,(H2,15,18). The van der Waals surface area contributed by atoms with Crippen LogP contribution < -0.4 is 11.1 Å². The molecule has 0 aliphatic heterocycles. The molecule has 4 N–H and O–H groups in total. The third kappa shape index (κ3) is 3.34. The van der Waals surface area contributed by atoms with E-state index in [9.17, 15) is 4.79 Å². The molecule has 4 heteroatoms. The molecule has 0 spiro atoms. The highest BCUT2D eigenvalue weighted by atomic mass is 16.1. The van der Waals surface area contributed by atoms with Gasteiger partial charge >= 0.3 is 0 Å². The van der Waals surface area contributed by atoms with Gasteiger partial charge in [0.2, 0.25) is 5.91 Å². The molecule has 0 atom stereocenters. The van der Waals surface area contributed by atoms with Crippen LogP contribution in [0.25, 0.3) is 10.9 Å². The van der Waals surface area contributed by atoms with Crippen LogP contribution in [-0.2, 0) is 11.3 Å². The van der Waals surface area contributed by atoms with E-state index in [4.69, 9.17) is 5.73 Å². The van der Waals surface area contributed by atoms with Gasteiger partial charge in [0.25, 0.3) is 0 Å². The predicted molar refractivity (Wildman–Crippen MR) is 73.1 cm³/mol. The molecule has 1 aromatic carbocycles. The zero-order valence-corrected chi connectivity index (χ0v) is 10.4. The van der Waals surface area contributed by atoms with Crippen molar-refractivity contribution in [2.75, 3.05) is 6.54 Å². The number of fused-ring (bicyclic) bond motifs is 1. The number of H-pyrrole nitrogens is 1. The molecule has 1 aromatic heterocycles. The average Bonchev–Trinajstić information content (AvgIpc) is 2.77. The molecular weight excluding hydrogens is 226 g/mol. The zero-order valence-electron chi connectivity index (χ0n) is 10.4. The summed E-state index contributed by atoms with van der Waals surface area (Å²) in [6, 6.07) is 8.27. The molecule has 2 aromatic rings. The van der Waals surface area contributed by atoms with Crippen molar-refractivity contribution in [1.29, 1.82) is 0 Å². The van der Waals surface area contributed by atoms with E-state index >= 15 is 0 Å². The fourth-order valence-corrected chi connectivity index (χ4v) is 2.05. The molecule has 1 heterocycles. The number of hydrogen-bond donors (Lipinski definition) is 3. The highest BCUT2D eigenvalue weighted by Gasteiger charge is 2.01. The predicted octanol–water partition coefficient (Wildman–Crippen LogP) is 1.91. The number of aromatic amines is 1. The molecule has 4 nitrogen and oxygen atoms in total. The Kier molecular flexibility index (Phi) is 4.36. The van der Waals surface area contributed by atoms with Crippen molar-refractivity contribution >= 4 is 16.8 Å². The Morgan fingerprint density at radius 3 is 2.94 bits per heavy atom. The van der Waals surface area contributed by atoms with Gasteiger partial charge < -0.3 is 16.0 Å². The van der Waals surface area contributed by atoms with Crippen molar-refractivity contribution in [2.24, 2.45) is 5.73 Å². The molecule has 96 valence electrons. The summed E-state index contributed by atoms with van der Waals surface area (Å²) in [6.45, 7) is 1.76. The maximum absolute atomic E-state index is 10.6. The van der Waals surface area contributed by atoms with E-state index in [2.05, 4.69) is 22.4 Å². The van der Waals surface area contributed by atoms with Crippen molar-refractivity contribution in [3.63, 3.8) is 0 Å². The van der Waals surface area contributed by atoms with Gasteiger partial charge in [-0.2, -0.15) is 0 Å². The lowest BCUT2D eigenvalue weighted by molar-refractivity contribution is -0.118. The van der Waals surface area contributed by atoms with Crippen LogP contribution in [-0.4, -0.2) is 17.4 Å². The van der Waals surface area contributed by atoms with Crippen LogP contribution in [0.4, 0.5) is 0 Å². The van der Waals surface area contributed by atoms with E-state index in [0.29, 0.717) is 6.42 Å². The normalized spacial score (nSPS) is 10.9. The summed E-state index contributed by atoms with van der Waals surface area (Å²) in [7, 11) is 0. The van der Waals surface area contributed by atoms with Gasteiger partial charge in [-0.1, -0.05) is 18.2 Å². The summed E-state index contributed by atoms with van der Waals surface area (Å²) in [5.74, 6) is -0.216. The number of benzene rings is 1. The molecule has 2 rings (SSSR count). The number of nitrogens with one attached hydrogen (secondary N) is 2. The quantitative estimate of drug-likeness (QED) is 0.652. The van der Waals surface area contributed by atoms with E-state index in [1.54, 1.807) is 0 Å². The Bertz CT molecular complexity index is 518. The third-order valence-electron chi connectivity index (χ3n) is 3.02. The Labute approximate surface area is 107 Å². The lowest BCUT2D eigenvalue weighted by Crippen LogP contribution is -2.16. The fraction of sp³-hybridized carbons (Fsp3) is 0.357. The van der Waals surface area contributed by atoms with Crippen molar-refractivity contribution in [1.82, 2.24) is 10.3 Å². The van der Waals surface area contributed by atoms with Crippen LogP contribution in [0, 0.1) is 0 Å². The lowest BCUT2D eigenvalue weighted by Gasteiger charge is -2.03. The summed E-state index contributed by atoms with van der Waals surface area (Å²) in [6.07, 6.45) is 4.36. The summed E-state index contributed by atoms with van der Waals surface area (Å²) in [5.41, 5.74) is 7.53. The topological polar surface area (TPSA) is 70.9 Å². The molecular formula is C14H19N3O. The van der Waals surface area contributed by atoms with Crippen molar-refractivity contribution in [2.45, 2.75) is 25.8 Å². The van der Waals surface area contributed by atoms with Crippen LogP contribution in [0.5, 0.6) is 0 Å². The molecule has 18 heavy (non-hydrogen) atoms.